The van der Waals surface area contributed by atoms with E-state index in [1.165, 1.54) is 29.2 Å². The normalized spacial score (nSPS) is 15.5. The van der Waals surface area contributed by atoms with Gasteiger partial charge in [0.25, 0.3) is 5.91 Å². The Morgan fingerprint density at radius 1 is 1.10 bits per heavy atom. The van der Waals surface area contributed by atoms with Crippen molar-refractivity contribution in [2.24, 2.45) is 0 Å². The number of anilines is 2. The molecule has 0 aliphatic carbocycles. The van der Waals surface area contributed by atoms with Gasteiger partial charge in [-0.3, -0.25) is 9.69 Å². The Bertz CT molecular complexity index is 1060. The van der Waals surface area contributed by atoms with Crippen molar-refractivity contribution in [2.75, 3.05) is 16.4 Å². The summed E-state index contributed by atoms with van der Waals surface area (Å²) in [6, 6.07) is 10.2. The van der Waals surface area contributed by atoms with E-state index in [1.807, 2.05) is 6.07 Å². The van der Waals surface area contributed by atoms with Crippen LogP contribution in [0.15, 0.2) is 36.4 Å². The molecule has 0 aromatic heterocycles. The molecule has 0 bridgehead atoms. The van der Waals surface area contributed by atoms with Crippen molar-refractivity contribution >= 4 is 34.9 Å². The van der Waals surface area contributed by atoms with Crippen LogP contribution in [0.25, 0.3) is 0 Å². The van der Waals surface area contributed by atoms with E-state index in [0.717, 1.165) is 17.7 Å². The van der Waals surface area contributed by atoms with Crippen molar-refractivity contribution in [2.45, 2.75) is 45.1 Å². The topological polar surface area (TPSA) is 84.6 Å². The number of nitrogens with zero attached hydrogens (tertiary/aromatic N) is 3. The summed E-state index contributed by atoms with van der Waals surface area (Å²) in [4.78, 5) is 28.6. The number of benzene rings is 2. The van der Waals surface area contributed by atoms with Crippen LogP contribution in [0.1, 0.15) is 44.2 Å². The van der Waals surface area contributed by atoms with Gasteiger partial charge in [0, 0.05) is 12.3 Å². The molecule has 1 heterocycles. The number of amides is 3. The highest BCUT2D eigenvalue weighted by molar-refractivity contribution is 6.33. The molecule has 31 heavy (non-hydrogen) atoms. The third kappa shape index (κ3) is 4.27. The van der Waals surface area contributed by atoms with E-state index in [4.69, 9.17) is 22.0 Å². The van der Waals surface area contributed by atoms with Crippen LogP contribution >= 0.6 is 11.6 Å². The van der Waals surface area contributed by atoms with E-state index in [0.29, 0.717) is 18.4 Å². The molecule has 0 spiro atoms. The Morgan fingerprint density at radius 2 is 1.81 bits per heavy atom. The van der Waals surface area contributed by atoms with Crippen molar-refractivity contribution < 1.29 is 19.1 Å². The summed E-state index contributed by atoms with van der Waals surface area (Å²) >= 11 is 6.08. The highest BCUT2D eigenvalue weighted by Gasteiger charge is 2.52. The van der Waals surface area contributed by atoms with Gasteiger partial charge in [-0.2, -0.15) is 5.26 Å². The van der Waals surface area contributed by atoms with Gasteiger partial charge >= 0.3 is 6.03 Å². The summed E-state index contributed by atoms with van der Waals surface area (Å²) in [5.74, 6) is -0.927. The van der Waals surface area contributed by atoms with Crippen molar-refractivity contribution in [3.05, 3.63) is 58.4 Å². The molecule has 1 fully saturated rings. The predicted molar refractivity (Wildman–Crippen MR) is 117 cm³/mol. The average Bonchev–Trinajstić information content (AvgIpc) is 2.90. The maximum Gasteiger partial charge on any atom is 0.336 e. The van der Waals surface area contributed by atoms with Crippen molar-refractivity contribution in [3.63, 3.8) is 0 Å². The van der Waals surface area contributed by atoms with E-state index in [9.17, 15) is 14.0 Å². The van der Waals surface area contributed by atoms with Crippen LogP contribution in [-0.4, -0.2) is 29.2 Å². The van der Waals surface area contributed by atoms with Crippen LogP contribution in [0.2, 0.25) is 5.02 Å². The second-order valence-corrected chi connectivity index (χ2v) is 8.31. The first-order chi connectivity index (χ1) is 14.7. The molecular formula is C23H23ClFN3O3. The van der Waals surface area contributed by atoms with Crippen molar-refractivity contribution in [1.29, 1.82) is 5.26 Å². The fraction of sp³-hybridized carbons (Fsp3) is 0.348. The lowest BCUT2D eigenvalue weighted by atomic mass is 10.0. The van der Waals surface area contributed by atoms with Gasteiger partial charge in [-0.25, -0.2) is 14.1 Å². The molecule has 8 heteroatoms. The third-order valence-corrected chi connectivity index (χ3v) is 5.71. The van der Waals surface area contributed by atoms with E-state index in [2.05, 4.69) is 0 Å². The Hall–Kier alpha value is -2.95. The highest BCUT2D eigenvalue weighted by atomic mass is 35.5. The number of imide groups is 1. The first kappa shape index (κ1) is 22.7. The number of rotatable bonds is 7. The number of hydrogen-bond donors (Lipinski definition) is 1. The molecular weight excluding hydrogens is 421 g/mol. The summed E-state index contributed by atoms with van der Waals surface area (Å²) in [5, 5.41) is 18.0. The van der Waals surface area contributed by atoms with Gasteiger partial charge in [0.1, 0.15) is 17.4 Å². The van der Waals surface area contributed by atoms with Crippen LogP contribution in [-0.2, 0) is 11.2 Å². The van der Waals surface area contributed by atoms with Crippen LogP contribution < -0.4 is 9.80 Å². The van der Waals surface area contributed by atoms with E-state index in [1.54, 1.807) is 26.0 Å². The van der Waals surface area contributed by atoms with Gasteiger partial charge in [-0.15, -0.1) is 0 Å². The number of halogens is 2. The van der Waals surface area contributed by atoms with E-state index < -0.39 is 23.3 Å². The molecule has 1 saturated heterocycles. The van der Waals surface area contributed by atoms with Gasteiger partial charge < -0.3 is 5.11 Å². The molecule has 162 valence electrons. The number of aliphatic hydroxyl groups excluding tert-OH is 1. The summed E-state index contributed by atoms with van der Waals surface area (Å²) in [6.07, 6.45) is 2.74. The molecule has 0 radical (unpaired) electrons. The number of urea groups is 1. The molecule has 6 nitrogen and oxygen atoms in total. The molecule has 2 aromatic rings. The van der Waals surface area contributed by atoms with Gasteiger partial charge in [0.05, 0.1) is 16.3 Å². The molecule has 1 aliphatic rings. The quantitative estimate of drug-likeness (QED) is 0.491. The summed E-state index contributed by atoms with van der Waals surface area (Å²) in [5.41, 5.74) is 0.0373. The smallest absolute Gasteiger partial charge is 0.336 e. The lowest BCUT2D eigenvalue weighted by Gasteiger charge is -2.28. The number of carbonyl (C=O) groups is 2. The van der Waals surface area contributed by atoms with Gasteiger partial charge in [0.15, 0.2) is 0 Å². The van der Waals surface area contributed by atoms with Crippen LogP contribution in [0, 0.1) is 17.1 Å². The Labute approximate surface area is 185 Å². The summed E-state index contributed by atoms with van der Waals surface area (Å²) in [7, 11) is 0. The zero-order valence-electron chi connectivity index (χ0n) is 17.4. The maximum absolute atomic E-state index is 14.7. The zero-order chi connectivity index (χ0) is 22.8. The van der Waals surface area contributed by atoms with Crippen molar-refractivity contribution in [3.8, 4) is 6.07 Å². The zero-order valence-corrected chi connectivity index (χ0v) is 18.1. The highest BCUT2D eigenvalue weighted by Crippen LogP contribution is 2.37. The molecule has 3 amide bonds. The molecule has 0 saturated carbocycles. The fourth-order valence-corrected chi connectivity index (χ4v) is 3.89. The number of hydrogen-bond acceptors (Lipinski definition) is 4. The van der Waals surface area contributed by atoms with E-state index in [-0.39, 0.29) is 28.6 Å². The minimum atomic E-state index is -1.24. The number of aliphatic hydroxyl groups is 1. The first-order valence-corrected chi connectivity index (χ1v) is 10.4. The number of aryl methyl sites for hydroxylation is 1. The van der Waals surface area contributed by atoms with Crippen LogP contribution in [0.5, 0.6) is 0 Å². The molecule has 1 N–H and O–H groups in total. The third-order valence-electron chi connectivity index (χ3n) is 5.40. The van der Waals surface area contributed by atoms with Gasteiger partial charge in [0.2, 0.25) is 0 Å². The average molecular weight is 444 g/mol. The minimum Gasteiger partial charge on any atom is -0.396 e. The van der Waals surface area contributed by atoms with E-state index >= 15 is 0 Å². The number of unbranched alkanes of at least 4 members (excludes halogenated alkanes) is 2. The molecule has 0 atom stereocenters. The molecule has 1 aliphatic heterocycles. The first-order valence-electron chi connectivity index (χ1n) is 10.00. The second kappa shape index (κ2) is 9.04. The number of nitriles is 1. The molecule has 3 rings (SSSR count). The van der Waals surface area contributed by atoms with Crippen LogP contribution in [0.4, 0.5) is 20.6 Å². The maximum atomic E-state index is 14.7. The lowest BCUT2D eigenvalue weighted by Crippen LogP contribution is -2.44. The predicted octanol–water partition coefficient (Wildman–Crippen LogP) is 4.81. The Morgan fingerprint density at radius 3 is 2.42 bits per heavy atom. The summed E-state index contributed by atoms with van der Waals surface area (Å²) < 4.78 is 14.7. The largest absolute Gasteiger partial charge is 0.396 e. The van der Waals surface area contributed by atoms with Crippen LogP contribution in [0.3, 0.4) is 0 Å². The Balaban J connectivity index is 1.90. The number of carbonyl (C=O) groups excluding carboxylic acids is 2. The van der Waals surface area contributed by atoms with Gasteiger partial charge in [-0.05, 0) is 69.0 Å². The monoisotopic (exact) mass is 443 g/mol. The fourth-order valence-electron chi connectivity index (χ4n) is 3.67. The second-order valence-electron chi connectivity index (χ2n) is 7.90. The Kier molecular flexibility index (Phi) is 6.63. The van der Waals surface area contributed by atoms with Crippen molar-refractivity contribution in [1.82, 2.24) is 0 Å². The minimum absolute atomic E-state index is 0.114. The summed E-state index contributed by atoms with van der Waals surface area (Å²) in [6.45, 7) is 3.31. The standard InChI is InChI=1S/C23H23ClFN3O3/c1-23(2)21(30)27(17-9-8-16(14-26)19(24)12-17)22(31)28(23)18-10-7-15(20(25)13-18)6-4-3-5-11-29/h7-10,12-13,29H,3-6,11H2,1-2H3. The lowest BCUT2D eigenvalue weighted by molar-refractivity contribution is -0.120. The molecule has 2 aromatic carbocycles. The van der Waals surface area contributed by atoms with Gasteiger partial charge in [-0.1, -0.05) is 24.1 Å². The molecule has 0 unspecified atom stereocenters. The SMILES string of the molecule is CC1(C)C(=O)N(c2ccc(C#N)c(Cl)c2)C(=O)N1c1ccc(CCCCCO)c(F)c1.